The third-order valence-corrected chi connectivity index (χ3v) is 7.96. The van der Waals surface area contributed by atoms with Gasteiger partial charge in [0.05, 0.1) is 17.5 Å². The van der Waals surface area contributed by atoms with E-state index in [9.17, 15) is 4.79 Å². The molecule has 0 N–H and O–H groups in total. The summed E-state index contributed by atoms with van der Waals surface area (Å²) in [5, 5.41) is 1.39. The van der Waals surface area contributed by atoms with Crippen LogP contribution in [0.4, 0.5) is 10.1 Å². The van der Waals surface area contributed by atoms with Crippen molar-refractivity contribution in [2.24, 2.45) is 0 Å². The molecule has 6 rings (SSSR count). The highest BCUT2D eigenvalue weighted by atomic mass is 19.1. The van der Waals surface area contributed by atoms with Gasteiger partial charge in [-0.25, -0.2) is 4.39 Å². The minimum absolute atomic E-state index is 0.131. The van der Waals surface area contributed by atoms with Crippen LogP contribution in [0.3, 0.4) is 0 Å². The normalized spacial score (nSPS) is 23.0. The maximum atomic E-state index is 15.2. The Balaban J connectivity index is 1.18. The van der Waals surface area contributed by atoms with E-state index < -0.39 is 0 Å². The summed E-state index contributed by atoms with van der Waals surface area (Å²) in [4.78, 5) is 17.9. The quantitative estimate of drug-likeness (QED) is 0.498. The zero-order valence-corrected chi connectivity index (χ0v) is 20.7. The smallest absolute Gasteiger partial charge is 0.262 e. The van der Waals surface area contributed by atoms with Crippen molar-refractivity contribution in [3.05, 3.63) is 64.8 Å². The van der Waals surface area contributed by atoms with Crippen LogP contribution in [0.2, 0.25) is 0 Å². The average molecular weight is 492 g/mol. The molecule has 3 aromatic rings. The summed E-state index contributed by atoms with van der Waals surface area (Å²) < 4.78 is 28.4. The summed E-state index contributed by atoms with van der Waals surface area (Å²) in [7, 11) is 0. The van der Waals surface area contributed by atoms with Gasteiger partial charge in [0.1, 0.15) is 18.2 Å². The standard InChI is InChI=1S/C29H34FN3O3/c30-27-18-22(6-9-28(27)32-14-11-23(19-32)31-12-2-3-13-31)33-15-10-21-17-24(7-8-26(21)29(33)34)36-20-25-5-1-4-16-35-25/h6-10,15,17-18,23,25H,1-5,11-14,16,19-20H2/t23-,25?/m1/s1. The van der Waals surface area contributed by atoms with Gasteiger partial charge in [0.15, 0.2) is 0 Å². The Hall–Kier alpha value is -2.90. The molecule has 0 radical (unpaired) electrons. The lowest BCUT2D eigenvalue weighted by atomic mass is 10.1. The van der Waals surface area contributed by atoms with E-state index in [2.05, 4.69) is 9.80 Å². The van der Waals surface area contributed by atoms with E-state index in [0.717, 1.165) is 63.2 Å². The molecule has 3 aliphatic rings. The van der Waals surface area contributed by atoms with Crippen LogP contribution in [0.1, 0.15) is 38.5 Å². The van der Waals surface area contributed by atoms with Gasteiger partial charge in [0, 0.05) is 43.4 Å². The van der Waals surface area contributed by atoms with Crippen molar-refractivity contribution in [3.8, 4) is 11.4 Å². The number of nitrogens with zero attached hydrogens (tertiary/aromatic N) is 3. The molecule has 6 nitrogen and oxygen atoms in total. The molecule has 0 saturated carbocycles. The van der Waals surface area contributed by atoms with Crippen LogP contribution in [0.5, 0.6) is 5.75 Å². The van der Waals surface area contributed by atoms with Crippen LogP contribution in [-0.4, -0.2) is 61.0 Å². The Morgan fingerprint density at radius 2 is 1.86 bits per heavy atom. The number of hydrogen-bond donors (Lipinski definition) is 0. The molecule has 36 heavy (non-hydrogen) atoms. The number of halogens is 1. The van der Waals surface area contributed by atoms with Crippen molar-refractivity contribution in [1.82, 2.24) is 9.47 Å². The molecule has 190 valence electrons. The summed E-state index contributed by atoms with van der Waals surface area (Å²) in [6.45, 7) is 5.36. The zero-order chi connectivity index (χ0) is 24.5. The Bertz CT molecular complexity index is 1280. The third-order valence-electron chi connectivity index (χ3n) is 7.96. The fourth-order valence-corrected chi connectivity index (χ4v) is 5.91. The summed E-state index contributed by atoms with van der Waals surface area (Å²) in [5.41, 5.74) is 0.989. The van der Waals surface area contributed by atoms with Gasteiger partial charge >= 0.3 is 0 Å². The monoisotopic (exact) mass is 491 g/mol. The van der Waals surface area contributed by atoms with Crippen molar-refractivity contribution in [2.45, 2.75) is 50.7 Å². The molecular formula is C29H34FN3O3. The summed E-state index contributed by atoms with van der Waals surface area (Å²) in [6, 6.07) is 13.0. The predicted molar refractivity (Wildman–Crippen MR) is 140 cm³/mol. The lowest BCUT2D eigenvalue weighted by Gasteiger charge is -2.25. The molecule has 0 amide bonds. The molecule has 4 heterocycles. The highest BCUT2D eigenvalue weighted by molar-refractivity contribution is 5.83. The number of anilines is 1. The number of hydrogen-bond acceptors (Lipinski definition) is 5. The van der Waals surface area contributed by atoms with Gasteiger partial charge in [-0.1, -0.05) is 0 Å². The first kappa shape index (κ1) is 23.5. The highest BCUT2D eigenvalue weighted by Crippen LogP contribution is 2.29. The van der Waals surface area contributed by atoms with E-state index >= 15 is 4.39 Å². The van der Waals surface area contributed by atoms with Crippen LogP contribution in [0.25, 0.3) is 16.5 Å². The first-order valence-electron chi connectivity index (χ1n) is 13.3. The van der Waals surface area contributed by atoms with Crippen molar-refractivity contribution in [2.75, 3.05) is 44.3 Å². The molecule has 3 aliphatic heterocycles. The molecule has 0 spiro atoms. The molecule has 3 saturated heterocycles. The number of rotatable bonds is 6. The maximum Gasteiger partial charge on any atom is 0.262 e. The van der Waals surface area contributed by atoms with Crippen LogP contribution >= 0.6 is 0 Å². The summed E-state index contributed by atoms with van der Waals surface area (Å²) in [5.74, 6) is 0.442. The molecule has 1 unspecified atom stereocenters. The van der Waals surface area contributed by atoms with E-state index in [1.165, 1.54) is 29.9 Å². The van der Waals surface area contributed by atoms with E-state index in [-0.39, 0.29) is 17.5 Å². The topological polar surface area (TPSA) is 46.9 Å². The van der Waals surface area contributed by atoms with E-state index in [0.29, 0.717) is 29.4 Å². The second-order valence-corrected chi connectivity index (χ2v) is 10.3. The Labute approximate surface area is 211 Å². The predicted octanol–water partition coefficient (Wildman–Crippen LogP) is 4.75. The largest absolute Gasteiger partial charge is 0.491 e. The first-order chi connectivity index (χ1) is 17.7. The van der Waals surface area contributed by atoms with Crippen LogP contribution in [0, 0.1) is 5.82 Å². The van der Waals surface area contributed by atoms with Crippen LogP contribution in [0.15, 0.2) is 53.5 Å². The van der Waals surface area contributed by atoms with Crippen molar-refractivity contribution in [3.63, 3.8) is 0 Å². The fourth-order valence-electron chi connectivity index (χ4n) is 5.91. The van der Waals surface area contributed by atoms with Gasteiger partial charge in [0.2, 0.25) is 0 Å². The van der Waals surface area contributed by atoms with Crippen molar-refractivity contribution < 1.29 is 13.9 Å². The summed E-state index contributed by atoms with van der Waals surface area (Å²) >= 11 is 0. The van der Waals surface area contributed by atoms with Crippen molar-refractivity contribution in [1.29, 1.82) is 0 Å². The second-order valence-electron chi connectivity index (χ2n) is 10.3. The fraction of sp³-hybridized carbons (Fsp3) is 0.483. The maximum absolute atomic E-state index is 15.2. The molecule has 7 heteroatoms. The number of ether oxygens (including phenoxy) is 2. The Morgan fingerprint density at radius 1 is 0.972 bits per heavy atom. The number of pyridine rings is 1. The van der Waals surface area contributed by atoms with Gasteiger partial charge in [0.25, 0.3) is 5.56 Å². The van der Waals surface area contributed by atoms with Crippen LogP contribution in [-0.2, 0) is 4.74 Å². The Kier molecular flexibility index (Phi) is 6.67. The lowest BCUT2D eigenvalue weighted by molar-refractivity contribution is -0.0110. The average Bonchev–Trinajstić information content (AvgIpc) is 3.61. The number of fused-ring (bicyclic) bond motifs is 1. The van der Waals surface area contributed by atoms with E-state index in [1.54, 1.807) is 12.3 Å². The second kappa shape index (κ2) is 10.2. The number of likely N-dealkylation sites (tertiary alicyclic amines) is 1. The van der Waals surface area contributed by atoms with Gasteiger partial charge in [-0.2, -0.15) is 0 Å². The minimum Gasteiger partial charge on any atom is -0.491 e. The molecule has 2 aromatic carbocycles. The van der Waals surface area contributed by atoms with Gasteiger partial charge in [-0.15, -0.1) is 0 Å². The van der Waals surface area contributed by atoms with E-state index in [1.807, 2.05) is 30.3 Å². The van der Waals surface area contributed by atoms with Gasteiger partial charge < -0.3 is 14.4 Å². The number of aromatic nitrogens is 1. The first-order valence-corrected chi connectivity index (χ1v) is 13.3. The van der Waals surface area contributed by atoms with E-state index in [4.69, 9.17) is 9.47 Å². The lowest BCUT2D eigenvalue weighted by Crippen LogP contribution is -2.35. The molecule has 2 atom stereocenters. The van der Waals surface area contributed by atoms with Crippen LogP contribution < -0.4 is 15.2 Å². The SMILES string of the molecule is O=c1c2ccc(OCC3CCCCO3)cc2ccn1-c1ccc(N2CC[C@@H](N3CCCC3)C2)c(F)c1. The minimum atomic E-state index is -0.282. The van der Waals surface area contributed by atoms with Gasteiger partial charge in [-0.3, -0.25) is 14.3 Å². The highest BCUT2D eigenvalue weighted by Gasteiger charge is 2.30. The zero-order valence-electron chi connectivity index (χ0n) is 20.7. The molecule has 3 fully saturated rings. The van der Waals surface area contributed by atoms with Crippen molar-refractivity contribution >= 4 is 16.5 Å². The molecule has 1 aromatic heterocycles. The summed E-state index contributed by atoms with van der Waals surface area (Å²) in [6.07, 6.45) is 8.76. The molecular weight excluding hydrogens is 457 g/mol. The Morgan fingerprint density at radius 3 is 2.67 bits per heavy atom. The molecule has 0 aliphatic carbocycles. The molecule has 0 bridgehead atoms. The number of benzene rings is 2. The third kappa shape index (κ3) is 4.74. The van der Waals surface area contributed by atoms with Gasteiger partial charge in [-0.05, 0) is 93.4 Å².